The first-order valence-electron chi connectivity index (χ1n) is 5.06. The van der Waals surface area contributed by atoms with Crippen LogP contribution in [0.5, 0.6) is 0 Å². The maximum atomic E-state index is 9.86. The molecule has 80 valence electrons. The van der Waals surface area contributed by atoms with E-state index in [1.54, 1.807) is 0 Å². The third-order valence-corrected chi connectivity index (χ3v) is 2.96. The van der Waals surface area contributed by atoms with Gasteiger partial charge >= 0.3 is 0 Å². The van der Waals surface area contributed by atoms with Crippen molar-refractivity contribution in [1.82, 2.24) is 4.57 Å². The number of aryl methyl sites for hydroxylation is 1. The first-order chi connectivity index (χ1) is 7.13. The van der Waals surface area contributed by atoms with Gasteiger partial charge < -0.3 is 9.67 Å². The summed E-state index contributed by atoms with van der Waals surface area (Å²) < 4.78 is 2.00. The van der Waals surface area contributed by atoms with E-state index in [0.717, 1.165) is 27.9 Å². The zero-order valence-electron chi connectivity index (χ0n) is 8.87. The SMILES string of the molecule is CC[C@@H](O)c1cn(C)c2cc(Cl)ccc12. The summed E-state index contributed by atoms with van der Waals surface area (Å²) in [6, 6.07) is 5.74. The molecule has 3 heteroatoms. The molecule has 0 saturated carbocycles. The van der Waals surface area contributed by atoms with Gasteiger partial charge in [0.15, 0.2) is 0 Å². The highest BCUT2D eigenvalue weighted by atomic mass is 35.5. The number of hydrogen-bond acceptors (Lipinski definition) is 1. The Labute approximate surface area is 94.1 Å². The lowest BCUT2D eigenvalue weighted by Crippen LogP contribution is -1.93. The smallest absolute Gasteiger partial charge is 0.0808 e. The molecule has 0 aliphatic heterocycles. The van der Waals surface area contributed by atoms with E-state index in [4.69, 9.17) is 11.6 Å². The van der Waals surface area contributed by atoms with Crippen LogP contribution in [-0.4, -0.2) is 9.67 Å². The average molecular weight is 224 g/mol. The number of nitrogens with zero attached hydrogens (tertiary/aromatic N) is 1. The summed E-state index contributed by atoms with van der Waals surface area (Å²) in [6.07, 6.45) is 2.30. The number of hydrogen-bond donors (Lipinski definition) is 1. The Morgan fingerprint density at radius 3 is 2.87 bits per heavy atom. The van der Waals surface area contributed by atoms with Gasteiger partial charge in [0.2, 0.25) is 0 Å². The molecule has 1 aromatic heterocycles. The van der Waals surface area contributed by atoms with Crippen LogP contribution in [0.25, 0.3) is 10.9 Å². The Balaban J connectivity index is 2.68. The second-order valence-corrected chi connectivity index (χ2v) is 4.22. The van der Waals surface area contributed by atoms with Gasteiger partial charge in [-0.25, -0.2) is 0 Å². The lowest BCUT2D eigenvalue weighted by molar-refractivity contribution is 0.175. The molecule has 1 aromatic carbocycles. The zero-order chi connectivity index (χ0) is 11.0. The predicted molar refractivity (Wildman–Crippen MR) is 63.2 cm³/mol. The first-order valence-corrected chi connectivity index (χ1v) is 5.43. The molecule has 0 aliphatic rings. The van der Waals surface area contributed by atoms with Crippen LogP contribution < -0.4 is 0 Å². The van der Waals surface area contributed by atoms with E-state index < -0.39 is 6.10 Å². The zero-order valence-corrected chi connectivity index (χ0v) is 9.62. The van der Waals surface area contributed by atoms with Crippen LogP contribution in [-0.2, 0) is 7.05 Å². The number of halogens is 1. The van der Waals surface area contributed by atoms with Crippen molar-refractivity contribution in [1.29, 1.82) is 0 Å². The highest BCUT2D eigenvalue weighted by molar-refractivity contribution is 6.31. The molecular formula is C12H14ClNO. The van der Waals surface area contributed by atoms with Gasteiger partial charge in [-0.2, -0.15) is 0 Å². The van der Waals surface area contributed by atoms with Crippen LogP contribution in [0.3, 0.4) is 0 Å². The molecule has 0 spiro atoms. The summed E-state index contributed by atoms with van der Waals surface area (Å²) in [4.78, 5) is 0. The first kappa shape index (κ1) is 10.5. The van der Waals surface area contributed by atoms with E-state index in [1.807, 2.05) is 42.9 Å². The molecule has 2 nitrogen and oxygen atoms in total. The molecular weight excluding hydrogens is 210 g/mol. The van der Waals surface area contributed by atoms with Crippen LogP contribution in [0.2, 0.25) is 5.02 Å². The Kier molecular flexibility index (Phi) is 2.72. The van der Waals surface area contributed by atoms with Crippen molar-refractivity contribution >= 4 is 22.5 Å². The van der Waals surface area contributed by atoms with Gasteiger partial charge in [0.1, 0.15) is 0 Å². The van der Waals surface area contributed by atoms with Gasteiger partial charge in [-0.15, -0.1) is 0 Å². The van der Waals surface area contributed by atoms with Crippen molar-refractivity contribution in [3.8, 4) is 0 Å². The molecule has 0 radical (unpaired) electrons. The summed E-state index contributed by atoms with van der Waals surface area (Å²) in [5.41, 5.74) is 2.04. The summed E-state index contributed by atoms with van der Waals surface area (Å²) in [6.45, 7) is 1.97. The van der Waals surface area contributed by atoms with Crippen LogP contribution in [0.4, 0.5) is 0 Å². The highest BCUT2D eigenvalue weighted by Crippen LogP contribution is 2.29. The van der Waals surface area contributed by atoms with Gasteiger partial charge in [0.05, 0.1) is 6.10 Å². The fourth-order valence-electron chi connectivity index (χ4n) is 1.87. The van der Waals surface area contributed by atoms with Crippen molar-refractivity contribution in [3.05, 3.63) is 35.0 Å². The van der Waals surface area contributed by atoms with Gasteiger partial charge in [-0.1, -0.05) is 24.6 Å². The normalized spacial score (nSPS) is 13.3. The number of rotatable bonds is 2. The van der Waals surface area contributed by atoms with E-state index in [2.05, 4.69) is 0 Å². The molecule has 1 heterocycles. The van der Waals surface area contributed by atoms with E-state index >= 15 is 0 Å². The largest absolute Gasteiger partial charge is 0.388 e. The Bertz CT molecular complexity index is 490. The number of aliphatic hydroxyl groups is 1. The molecule has 15 heavy (non-hydrogen) atoms. The predicted octanol–water partition coefficient (Wildman–Crippen LogP) is 3.28. The topological polar surface area (TPSA) is 25.2 Å². The van der Waals surface area contributed by atoms with Crippen LogP contribution in [0, 0.1) is 0 Å². The fourth-order valence-corrected chi connectivity index (χ4v) is 2.04. The van der Waals surface area contributed by atoms with E-state index in [9.17, 15) is 5.11 Å². The minimum absolute atomic E-state index is 0.394. The second kappa shape index (κ2) is 3.87. The molecule has 0 aliphatic carbocycles. The third kappa shape index (κ3) is 1.75. The molecule has 0 bridgehead atoms. The van der Waals surface area contributed by atoms with Crippen molar-refractivity contribution in [2.45, 2.75) is 19.4 Å². The Morgan fingerprint density at radius 1 is 1.47 bits per heavy atom. The molecule has 2 aromatic rings. The maximum Gasteiger partial charge on any atom is 0.0808 e. The van der Waals surface area contributed by atoms with Gasteiger partial charge in [0, 0.05) is 34.7 Å². The number of aliphatic hydroxyl groups excluding tert-OH is 1. The molecule has 2 rings (SSSR count). The van der Waals surface area contributed by atoms with Crippen molar-refractivity contribution in [3.63, 3.8) is 0 Å². The molecule has 0 unspecified atom stereocenters. The van der Waals surface area contributed by atoms with Gasteiger partial charge in [0.25, 0.3) is 0 Å². The lowest BCUT2D eigenvalue weighted by atomic mass is 10.1. The van der Waals surface area contributed by atoms with Crippen molar-refractivity contribution < 1.29 is 5.11 Å². The highest BCUT2D eigenvalue weighted by Gasteiger charge is 2.12. The standard InChI is InChI=1S/C12H14ClNO/c1-3-12(15)10-7-14(2)11-6-8(13)4-5-9(10)11/h4-7,12,15H,3H2,1-2H3/t12-/m1/s1. The van der Waals surface area contributed by atoms with Crippen LogP contribution in [0.15, 0.2) is 24.4 Å². The van der Waals surface area contributed by atoms with Crippen LogP contribution in [0.1, 0.15) is 25.0 Å². The molecule has 1 N–H and O–H groups in total. The maximum absolute atomic E-state index is 9.86. The summed E-state index contributed by atoms with van der Waals surface area (Å²) in [5.74, 6) is 0. The minimum Gasteiger partial charge on any atom is -0.388 e. The van der Waals surface area contributed by atoms with E-state index in [1.165, 1.54) is 0 Å². The lowest BCUT2D eigenvalue weighted by Gasteiger charge is -2.05. The number of fused-ring (bicyclic) bond motifs is 1. The molecule has 0 fully saturated rings. The minimum atomic E-state index is -0.394. The average Bonchev–Trinajstić information content (AvgIpc) is 2.55. The monoisotopic (exact) mass is 223 g/mol. The molecule has 0 saturated heterocycles. The molecule has 0 amide bonds. The fraction of sp³-hybridized carbons (Fsp3) is 0.333. The molecule has 1 atom stereocenters. The Morgan fingerprint density at radius 2 is 2.20 bits per heavy atom. The Hall–Kier alpha value is -0.990. The quantitative estimate of drug-likeness (QED) is 0.831. The second-order valence-electron chi connectivity index (χ2n) is 3.78. The summed E-state index contributed by atoms with van der Waals surface area (Å²) >= 11 is 5.94. The summed E-state index contributed by atoms with van der Waals surface area (Å²) in [7, 11) is 1.96. The summed E-state index contributed by atoms with van der Waals surface area (Å²) in [5, 5.41) is 11.7. The number of benzene rings is 1. The third-order valence-electron chi connectivity index (χ3n) is 2.73. The van der Waals surface area contributed by atoms with E-state index in [-0.39, 0.29) is 0 Å². The van der Waals surface area contributed by atoms with E-state index in [0.29, 0.717) is 0 Å². The van der Waals surface area contributed by atoms with Crippen molar-refractivity contribution in [2.75, 3.05) is 0 Å². The number of aromatic nitrogens is 1. The van der Waals surface area contributed by atoms with Gasteiger partial charge in [-0.3, -0.25) is 0 Å². The van der Waals surface area contributed by atoms with Crippen LogP contribution >= 0.6 is 11.6 Å². The van der Waals surface area contributed by atoms with Crippen molar-refractivity contribution in [2.24, 2.45) is 7.05 Å². The van der Waals surface area contributed by atoms with Gasteiger partial charge in [-0.05, 0) is 18.6 Å².